The maximum atomic E-state index is 12.9. The Kier molecular flexibility index (Phi) is 4.67. The van der Waals surface area contributed by atoms with Gasteiger partial charge in [0.2, 0.25) is 0 Å². The first-order valence-corrected chi connectivity index (χ1v) is 6.93. The molecule has 0 aromatic heterocycles. The zero-order valence-electron chi connectivity index (χ0n) is 11.4. The van der Waals surface area contributed by atoms with E-state index in [9.17, 15) is 14.0 Å². The largest absolute Gasteiger partial charge is 0.480 e. The molecule has 1 amide bonds. The summed E-state index contributed by atoms with van der Waals surface area (Å²) >= 11 is 5.83. The molecular formula is C14H15ClFNO4. The highest BCUT2D eigenvalue weighted by Gasteiger charge is 2.36. The Balaban J connectivity index is 2.07. The number of ether oxygens (including phenoxy) is 1. The maximum Gasteiger partial charge on any atom is 0.326 e. The Morgan fingerprint density at radius 1 is 1.52 bits per heavy atom. The van der Waals surface area contributed by atoms with E-state index in [1.165, 1.54) is 24.0 Å². The van der Waals surface area contributed by atoms with Crippen molar-refractivity contribution in [3.63, 3.8) is 0 Å². The Labute approximate surface area is 126 Å². The van der Waals surface area contributed by atoms with Gasteiger partial charge in [-0.2, -0.15) is 0 Å². The van der Waals surface area contributed by atoms with E-state index in [0.717, 1.165) is 6.07 Å². The van der Waals surface area contributed by atoms with Crippen molar-refractivity contribution < 1.29 is 23.8 Å². The van der Waals surface area contributed by atoms with Gasteiger partial charge in [0, 0.05) is 6.54 Å². The summed E-state index contributed by atoms with van der Waals surface area (Å²) in [5, 5.41) is 9.14. The van der Waals surface area contributed by atoms with Gasteiger partial charge < -0.3 is 14.7 Å². The van der Waals surface area contributed by atoms with Crippen LogP contribution < -0.4 is 4.74 Å². The Morgan fingerprint density at radius 3 is 2.86 bits per heavy atom. The van der Waals surface area contributed by atoms with Crippen molar-refractivity contribution in [1.82, 2.24) is 4.90 Å². The Hall–Kier alpha value is -1.82. The number of hydrogen-bond acceptors (Lipinski definition) is 3. The topological polar surface area (TPSA) is 66.8 Å². The first-order valence-electron chi connectivity index (χ1n) is 6.55. The van der Waals surface area contributed by atoms with Crippen LogP contribution in [-0.4, -0.2) is 40.6 Å². The minimum absolute atomic E-state index is 0.0610. The molecule has 7 heteroatoms. The molecule has 21 heavy (non-hydrogen) atoms. The molecule has 2 rings (SSSR count). The standard InChI is InChI=1S/C14H15ClFNO4/c1-8(21-12-5-4-9(16)7-10(12)15)13(18)17-6-2-3-11(17)14(19)20/h4-5,7-8,11H,2-3,6H2,1H3,(H,19,20)/t8?,11-/m1/s1. The summed E-state index contributed by atoms with van der Waals surface area (Å²) in [6.45, 7) is 1.90. The minimum Gasteiger partial charge on any atom is -0.480 e. The van der Waals surface area contributed by atoms with Crippen molar-refractivity contribution in [2.45, 2.75) is 31.9 Å². The fourth-order valence-electron chi connectivity index (χ4n) is 2.33. The van der Waals surface area contributed by atoms with Gasteiger partial charge in [0.25, 0.3) is 5.91 Å². The van der Waals surface area contributed by atoms with Crippen molar-refractivity contribution in [3.8, 4) is 5.75 Å². The van der Waals surface area contributed by atoms with Gasteiger partial charge in [0.15, 0.2) is 6.10 Å². The molecular weight excluding hydrogens is 301 g/mol. The summed E-state index contributed by atoms with van der Waals surface area (Å²) in [5.74, 6) is -1.75. The molecule has 0 aliphatic carbocycles. The highest BCUT2D eigenvalue weighted by molar-refractivity contribution is 6.32. The maximum absolute atomic E-state index is 12.9. The van der Waals surface area contributed by atoms with Crippen LogP contribution in [0.1, 0.15) is 19.8 Å². The molecule has 1 saturated heterocycles. The average molecular weight is 316 g/mol. The Bertz CT molecular complexity index is 566. The molecule has 0 spiro atoms. The van der Waals surface area contributed by atoms with Crippen molar-refractivity contribution in [1.29, 1.82) is 0 Å². The van der Waals surface area contributed by atoms with Crippen molar-refractivity contribution in [2.75, 3.05) is 6.54 Å². The molecule has 114 valence electrons. The molecule has 0 bridgehead atoms. The van der Waals surface area contributed by atoms with E-state index in [4.69, 9.17) is 21.4 Å². The van der Waals surface area contributed by atoms with Crippen molar-refractivity contribution in [3.05, 3.63) is 29.0 Å². The second-order valence-electron chi connectivity index (χ2n) is 4.86. The van der Waals surface area contributed by atoms with E-state index in [2.05, 4.69) is 0 Å². The Morgan fingerprint density at radius 2 is 2.24 bits per heavy atom. The number of carboxylic acids is 1. The molecule has 1 unspecified atom stereocenters. The van der Waals surface area contributed by atoms with Crippen LogP contribution in [0.3, 0.4) is 0 Å². The van der Waals surface area contributed by atoms with Gasteiger partial charge in [-0.3, -0.25) is 4.79 Å². The van der Waals surface area contributed by atoms with Crippen LogP contribution in [0.15, 0.2) is 18.2 Å². The van der Waals surface area contributed by atoms with Crippen LogP contribution in [0.25, 0.3) is 0 Å². The number of rotatable bonds is 4. The fraction of sp³-hybridized carbons (Fsp3) is 0.429. The first kappa shape index (κ1) is 15.6. The molecule has 1 N–H and O–H groups in total. The van der Waals surface area contributed by atoms with E-state index in [1.54, 1.807) is 0 Å². The lowest BCUT2D eigenvalue weighted by atomic mass is 10.2. The van der Waals surface area contributed by atoms with Crippen LogP contribution in [0.4, 0.5) is 4.39 Å². The number of nitrogens with zero attached hydrogens (tertiary/aromatic N) is 1. The smallest absolute Gasteiger partial charge is 0.326 e. The molecule has 0 saturated carbocycles. The van der Waals surface area contributed by atoms with Crippen molar-refractivity contribution >= 4 is 23.5 Å². The summed E-state index contributed by atoms with van der Waals surface area (Å²) in [6.07, 6.45) is 0.186. The van der Waals surface area contributed by atoms with Gasteiger partial charge in [0.05, 0.1) is 5.02 Å². The zero-order valence-corrected chi connectivity index (χ0v) is 12.1. The number of benzene rings is 1. The SMILES string of the molecule is CC(Oc1ccc(F)cc1Cl)C(=O)N1CCC[C@@H]1C(=O)O. The van der Waals surface area contributed by atoms with Crippen LogP contribution in [-0.2, 0) is 9.59 Å². The number of carboxylic acid groups (broad SMARTS) is 1. The molecule has 1 aromatic rings. The predicted octanol–water partition coefficient (Wildman–Crippen LogP) is 2.32. The number of amides is 1. The monoisotopic (exact) mass is 315 g/mol. The second-order valence-corrected chi connectivity index (χ2v) is 5.27. The average Bonchev–Trinajstić information content (AvgIpc) is 2.90. The van der Waals surface area contributed by atoms with Crippen LogP contribution in [0.5, 0.6) is 5.75 Å². The number of hydrogen-bond donors (Lipinski definition) is 1. The minimum atomic E-state index is -1.02. The summed E-state index contributed by atoms with van der Waals surface area (Å²) in [7, 11) is 0. The fourth-order valence-corrected chi connectivity index (χ4v) is 2.54. The summed E-state index contributed by atoms with van der Waals surface area (Å²) in [5.41, 5.74) is 0. The lowest BCUT2D eigenvalue weighted by molar-refractivity contribution is -0.150. The van der Waals surface area contributed by atoms with E-state index in [-0.39, 0.29) is 10.8 Å². The van der Waals surface area contributed by atoms with Crippen LogP contribution in [0, 0.1) is 5.82 Å². The predicted molar refractivity (Wildman–Crippen MR) is 73.9 cm³/mol. The van der Waals surface area contributed by atoms with E-state index < -0.39 is 29.8 Å². The van der Waals surface area contributed by atoms with Gasteiger partial charge in [-0.15, -0.1) is 0 Å². The third-order valence-corrected chi connectivity index (χ3v) is 3.66. The van der Waals surface area contributed by atoms with Gasteiger partial charge in [-0.05, 0) is 38.0 Å². The number of carbonyl (C=O) groups excluding carboxylic acids is 1. The second kappa shape index (κ2) is 6.30. The lowest BCUT2D eigenvalue weighted by Gasteiger charge is -2.25. The van der Waals surface area contributed by atoms with E-state index >= 15 is 0 Å². The number of aliphatic carboxylic acids is 1. The molecule has 1 fully saturated rings. The lowest BCUT2D eigenvalue weighted by Crippen LogP contribution is -2.46. The molecule has 1 aliphatic rings. The highest BCUT2D eigenvalue weighted by Crippen LogP contribution is 2.27. The molecule has 1 aromatic carbocycles. The third-order valence-electron chi connectivity index (χ3n) is 3.37. The summed E-state index contributed by atoms with van der Waals surface area (Å²) < 4.78 is 18.4. The first-order chi connectivity index (χ1) is 9.90. The number of likely N-dealkylation sites (tertiary alicyclic amines) is 1. The molecule has 5 nitrogen and oxygen atoms in total. The molecule has 2 atom stereocenters. The summed E-state index contributed by atoms with van der Waals surface area (Å²) in [6, 6.07) is 2.78. The highest BCUT2D eigenvalue weighted by atomic mass is 35.5. The molecule has 1 aliphatic heterocycles. The molecule has 0 radical (unpaired) electrons. The number of halogens is 2. The van der Waals surface area contributed by atoms with Crippen molar-refractivity contribution in [2.24, 2.45) is 0 Å². The van der Waals surface area contributed by atoms with E-state index in [1.807, 2.05) is 0 Å². The number of carbonyl (C=O) groups is 2. The van der Waals surface area contributed by atoms with Gasteiger partial charge >= 0.3 is 5.97 Å². The quantitative estimate of drug-likeness (QED) is 0.926. The van der Waals surface area contributed by atoms with Gasteiger partial charge in [-0.25, -0.2) is 9.18 Å². The van der Waals surface area contributed by atoms with E-state index in [0.29, 0.717) is 19.4 Å². The van der Waals surface area contributed by atoms with Crippen LogP contribution in [0.2, 0.25) is 5.02 Å². The summed E-state index contributed by atoms with van der Waals surface area (Å²) in [4.78, 5) is 24.7. The van der Waals surface area contributed by atoms with Crippen LogP contribution >= 0.6 is 11.6 Å². The zero-order chi connectivity index (χ0) is 15.6. The third kappa shape index (κ3) is 3.44. The normalized spacial score (nSPS) is 19.4. The molecule has 1 heterocycles. The van der Waals surface area contributed by atoms with Gasteiger partial charge in [-0.1, -0.05) is 11.6 Å². The van der Waals surface area contributed by atoms with Gasteiger partial charge in [0.1, 0.15) is 17.6 Å².